The summed E-state index contributed by atoms with van der Waals surface area (Å²) in [6, 6.07) is 4.85. The lowest BCUT2D eigenvalue weighted by Crippen LogP contribution is -2.28. The summed E-state index contributed by atoms with van der Waals surface area (Å²) >= 11 is 9.26. The average molecular weight is 333 g/mol. The fourth-order valence-corrected chi connectivity index (χ4v) is 2.96. The smallest absolute Gasteiger partial charge is 0.255 e. The molecular formula is C13H15BrClNO2. The van der Waals surface area contributed by atoms with Crippen LogP contribution in [0, 0.1) is 5.92 Å². The van der Waals surface area contributed by atoms with Gasteiger partial charge in [-0.05, 0) is 43.4 Å². The van der Waals surface area contributed by atoms with Gasteiger partial charge in [0.1, 0.15) is 5.75 Å². The Morgan fingerprint density at radius 3 is 2.89 bits per heavy atom. The second kappa shape index (κ2) is 5.93. The van der Waals surface area contributed by atoms with Crippen LogP contribution in [0.5, 0.6) is 5.75 Å². The van der Waals surface area contributed by atoms with Crippen molar-refractivity contribution in [1.82, 2.24) is 5.32 Å². The van der Waals surface area contributed by atoms with E-state index in [1.807, 2.05) is 0 Å². The van der Waals surface area contributed by atoms with Gasteiger partial charge in [0, 0.05) is 16.4 Å². The Labute approximate surface area is 120 Å². The molecule has 2 rings (SSSR count). The number of nitrogens with one attached hydrogen (secondary N) is 1. The molecule has 0 bridgehead atoms. The molecule has 1 saturated carbocycles. The summed E-state index contributed by atoms with van der Waals surface area (Å²) in [5.74, 6) is 0.204. The lowest BCUT2D eigenvalue weighted by Gasteiger charge is -2.11. The highest BCUT2D eigenvalue weighted by Gasteiger charge is 2.23. The molecule has 1 aliphatic carbocycles. The monoisotopic (exact) mass is 331 g/mol. The van der Waals surface area contributed by atoms with E-state index in [2.05, 4.69) is 21.2 Å². The molecular weight excluding hydrogens is 318 g/mol. The minimum absolute atomic E-state index is 0.0106. The van der Waals surface area contributed by atoms with Gasteiger partial charge < -0.3 is 10.4 Å². The molecule has 0 spiro atoms. The second-order valence-corrected chi connectivity index (χ2v) is 6.18. The number of phenolic OH excluding ortho intramolecular Hbond substituents is 1. The first-order chi connectivity index (χ1) is 8.56. The number of hydrogen-bond donors (Lipinski definition) is 2. The molecule has 0 saturated heterocycles. The van der Waals surface area contributed by atoms with Crippen LogP contribution in [0.1, 0.15) is 29.6 Å². The minimum atomic E-state index is -0.238. The van der Waals surface area contributed by atoms with Gasteiger partial charge in [-0.25, -0.2) is 0 Å². The number of phenols is 1. The largest absolute Gasteiger partial charge is 0.507 e. The van der Waals surface area contributed by atoms with Crippen LogP contribution in [0.2, 0.25) is 0 Å². The zero-order valence-electron chi connectivity index (χ0n) is 9.83. The van der Waals surface area contributed by atoms with Crippen molar-refractivity contribution in [2.24, 2.45) is 5.92 Å². The van der Waals surface area contributed by atoms with Gasteiger partial charge in [0.2, 0.25) is 0 Å². The Hall–Kier alpha value is -0.740. The van der Waals surface area contributed by atoms with E-state index < -0.39 is 0 Å². The topological polar surface area (TPSA) is 49.3 Å². The number of carbonyl (C=O) groups is 1. The van der Waals surface area contributed by atoms with Gasteiger partial charge in [0.15, 0.2) is 0 Å². The van der Waals surface area contributed by atoms with Gasteiger partial charge in [-0.3, -0.25) is 4.79 Å². The molecule has 0 radical (unpaired) electrons. The molecule has 5 heteroatoms. The molecule has 2 atom stereocenters. The van der Waals surface area contributed by atoms with Crippen molar-refractivity contribution in [2.75, 3.05) is 6.54 Å². The van der Waals surface area contributed by atoms with E-state index in [4.69, 9.17) is 11.6 Å². The SMILES string of the molecule is O=C(NCC1CCC(Cl)C1)c1ccc(Br)cc1O. The lowest BCUT2D eigenvalue weighted by atomic mass is 10.1. The van der Waals surface area contributed by atoms with Gasteiger partial charge in [-0.2, -0.15) is 0 Å². The third-order valence-corrected chi connectivity index (χ3v) is 4.12. The Bertz CT molecular complexity index is 453. The van der Waals surface area contributed by atoms with Crippen LogP contribution in [-0.4, -0.2) is 22.9 Å². The zero-order chi connectivity index (χ0) is 13.1. The molecule has 3 nitrogen and oxygen atoms in total. The van der Waals surface area contributed by atoms with E-state index in [-0.39, 0.29) is 17.0 Å². The molecule has 1 aliphatic rings. The van der Waals surface area contributed by atoms with E-state index in [9.17, 15) is 9.90 Å². The maximum atomic E-state index is 11.9. The Balaban J connectivity index is 1.91. The average Bonchev–Trinajstić information content (AvgIpc) is 2.72. The number of alkyl halides is 1. The van der Waals surface area contributed by atoms with E-state index >= 15 is 0 Å². The molecule has 2 unspecified atom stereocenters. The highest BCUT2D eigenvalue weighted by atomic mass is 79.9. The zero-order valence-corrected chi connectivity index (χ0v) is 12.2. The summed E-state index contributed by atoms with van der Waals surface area (Å²) in [6.45, 7) is 0.623. The standard InChI is InChI=1S/C13H15BrClNO2/c14-9-2-4-11(12(17)6-9)13(18)16-7-8-1-3-10(15)5-8/h2,4,6,8,10,17H,1,3,5,7H2,(H,16,18). The Morgan fingerprint density at radius 2 is 2.28 bits per heavy atom. The third-order valence-electron chi connectivity index (χ3n) is 3.23. The summed E-state index contributed by atoms with van der Waals surface area (Å²) < 4.78 is 0.748. The fraction of sp³-hybridized carbons (Fsp3) is 0.462. The minimum Gasteiger partial charge on any atom is -0.507 e. The van der Waals surface area contributed by atoms with Crippen LogP contribution in [0.15, 0.2) is 22.7 Å². The molecule has 0 aliphatic heterocycles. The quantitative estimate of drug-likeness (QED) is 0.835. The van der Waals surface area contributed by atoms with Crippen LogP contribution < -0.4 is 5.32 Å². The molecule has 1 aromatic rings. The van der Waals surface area contributed by atoms with E-state index in [1.165, 1.54) is 6.07 Å². The van der Waals surface area contributed by atoms with Crippen molar-refractivity contribution in [3.8, 4) is 5.75 Å². The number of carbonyl (C=O) groups excluding carboxylic acids is 1. The fourth-order valence-electron chi connectivity index (χ4n) is 2.23. The molecule has 98 valence electrons. The maximum Gasteiger partial charge on any atom is 0.255 e. The van der Waals surface area contributed by atoms with E-state index in [0.29, 0.717) is 18.0 Å². The number of amides is 1. The molecule has 0 heterocycles. The molecule has 2 N–H and O–H groups in total. The van der Waals surface area contributed by atoms with Crippen molar-refractivity contribution in [3.05, 3.63) is 28.2 Å². The molecule has 1 aromatic carbocycles. The van der Waals surface area contributed by atoms with Crippen molar-refractivity contribution in [1.29, 1.82) is 0 Å². The normalized spacial score (nSPS) is 23.0. The predicted molar refractivity (Wildman–Crippen MR) is 75.1 cm³/mol. The summed E-state index contributed by atoms with van der Waals surface area (Å²) in [7, 11) is 0. The molecule has 0 aromatic heterocycles. The first kappa shape index (κ1) is 13.7. The summed E-state index contributed by atoms with van der Waals surface area (Å²) in [4.78, 5) is 11.9. The summed E-state index contributed by atoms with van der Waals surface area (Å²) in [6.07, 6.45) is 3.03. The Morgan fingerprint density at radius 1 is 1.50 bits per heavy atom. The summed E-state index contributed by atoms with van der Waals surface area (Å²) in [5, 5.41) is 12.8. The van der Waals surface area contributed by atoms with Gasteiger partial charge >= 0.3 is 0 Å². The van der Waals surface area contributed by atoms with Gasteiger partial charge in [0.05, 0.1) is 5.56 Å². The molecule has 1 amide bonds. The van der Waals surface area contributed by atoms with Crippen molar-refractivity contribution in [2.45, 2.75) is 24.6 Å². The second-order valence-electron chi connectivity index (χ2n) is 4.65. The number of rotatable bonds is 3. The van der Waals surface area contributed by atoms with Crippen LogP contribution in [0.4, 0.5) is 0 Å². The maximum absolute atomic E-state index is 11.9. The highest BCUT2D eigenvalue weighted by molar-refractivity contribution is 9.10. The summed E-state index contributed by atoms with van der Waals surface area (Å²) in [5.41, 5.74) is 0.304. The van der Waals surface area contributed by atoms with Gasteiger partial charge in [-0.1, -0.05) is 15.9 Å². The number of aromatic hydroxyl groups is 1. The van der Waals surface area contributed by atoms with E-state index in [1.54, 1.807) is 12.1 Å². The van der Waals surface area contributed by atoms with E-state index in [0.717, 1.165) is 23.7 Å². The van der Waals surface area contributed by atoms with Gasteiger partial charge in [-0.15, -0.1) is 11.6 Å². The van der Waals surface area contributed by atoms with Crippen LogP contribution in [0.25, 0.3) is 0 Å². The van der Waals surface area contributed by atoms with Crippen LogP contribution >= 0.6 is 27.5 Å². The van der Waals surface area contributed by atoms with Crippen molar-refractivity contribution < 1.29 is 9.90 Å². The van der Waals surface area contributed by atoms with Crippen molar-refractivity contribution in [3.63, 3.8) is 0 Å². The molecule has 1 fully saturated rings. The Kier molecular flexibility index (Phi) is 4.51. The van der Waals surface area contributed by atoms with Crippen LogP contribution in [0.3, 0.4) is 0 Å². The van der Waals surface area contributed by atoms with Crippen LogP contribution in [-0.2, 0) is 0 Å². The number of halogens is 2. The first-order valence-electron chi connectivity index (χ1n) is 5.97. The molecule has 18 heavy (non-hydrogen) atoms. The van der Waals surface area contributed by atoms with Gasteiger partial charge in [0.25, 0.3) is 5.91 Å². The first-order valence-corrected chi connectivity index (χ1v) is 7.20. The highest BCUT2D eigenvalue weighted by Crippen LogP contribution is 2.29. The lowest BCUT2D eigenvalue weighted by molar-refractivity contribution is 0.0944. The number of benzene rings is 1. The van der Waals surface area contributed by atoms with Crippen molar-refractivity contribution >= 4 is 33.4 Å². The third kappa shape index (κ3) is 3.39. The predicted octanol–water partition coefficient (Wildman–Crippen LogP) is 3.29. The number of hydrogen-bond acceptors (Lipinski definition) is 2.